The molecule has 0 bridgehead atoms. The summed E-state index contributed by atoms with van der Waals surface area (Å²) in [6.07, 6.45) is -0.0243. The van der Waals surface area contributed by atoms with Gasteiger partial charge in [-0.1, -0.05) is 0 Å². The number of hydrogen-bond donors (Lipinski definition) is 1. The van der Waals surface area contributed by atoms with Crippen LogP contribution in [-0.2, 0) is 20.3 Å². The van der Waals surface area contributed by atoms with Crippen LogP contribution in [0.3, 0.4) is 0 Å². The van der Waals surface area contributed by atoms with Crippen molar-refractivity contribution in [3.63, 3.8) is 0 Å². The maximum atomic E-state index is 13.8. The van der Waals surface area contributed by atoms with Crippen LogP contribution in [-0.4, -0.2) is 17.0 Å². The molecule has 5 heteroatoms. The molecule has 4 aromatic carbocycles. The van der Waals surface area contributed by atoms with E-state index >= 15 is 0 Å². The molecular formula is C32H33O4P. The third-order valence-electron chi connectivity index (χ3n) is 7.05. The van der Waals surface area contributed by atoms with Gasteiger partial charge in [-0.25, -0.2) is 0 Å². The Morgan fingerprint density at radius 1 is 0.622 bits per heavy atom. The number of rotatable bonds is 9. The Balaban J connectivity index is 2.23. The number of carbonyl (C=O) groups excluding carboxylic acids is 1. The van der Waals surface area contributed by atoms with Crippen molar-refractivity contribution in [2.75, 3.05) is 0 Å². The summed E-state index contributed by atoms with van der Waals surface area (Å²) in [6, 6.07) is 34.5. The van der Waals surface area contributed by atoms with E-state index in [2.05, 4.69) is 69.3 Å². The molecule has 0 fully saturated rings. The van der Waals surface area contributed by atoms with Crippen molar-refractivity contribution in [1.82, 2.24) is 0 Å². The average molecular weight is 513 g/mol. The molecule has 4 rings (SSSR count). The molecule has 37 heavy (non-hydrogen) atoms. The van der Waals surface area contributed by atoms with E-state index < -0.39 is 18.8 Å². The second kappa shape index (κ2) is 10.7. The van der Waals surface area contributed by atoms with Crippen molar-refractivity contribution in [3.05, 3.63) is 125 Å². The zero-order valence-electron chi connectivity index (χ0n) is 21.6. The van der Waals surface area contributed by atoms with Crippen LogP contribution in [0.1, 0.15) is 35.1 Å². The van der Waals surface area contributed by atoms with Gasteiger partial charge in [0.25, 0.3) is 0 Å². The van der Waals surface area contributed by atoms with E-state index in [1.54, 1.807) is 0 Å². The van der Waals surface area contributed by atoms with Crippen molar-refractivity contribution < 1.29 is 19.2 Å². The Morgan fingerprint density at radius 2 is 1.03 bits per heavy atom. The molecule has 0 aliphatic carbocycles. The number of carbonyl (C=O) groups is 2. The van der Waals surface area contributed by atoms with Gasteiger partial charge in [0.2, 0.25) is 0 Å². The van der Waals surface area contributed by atoms with Crippen LogP contribution >= 0.6 is 6.83 Å². The van der Waals surface area contributed by atoms with Crippen LogP contribution in [0.25, 0.3) is 0 Å². The first-order valence-electron chi connectivity index (χ1n) is 12.5. The summed E-state index contributed by atoms with van der Waals surface area (Å²) < 4.78 is 7.01. The maximum absolute atomic E-state index is 13.8. The average Bonchev–Trinajstić information content (AvgIpc) is 2.88. The van der Waals surface area contributed by atoms with E-state index in [4.69, 9.17) is 4.52 Å². The van der Waals surface area contributed by atoms with Crippen LogP contribution in [0.15, 0.2) is 103 Å². The fraction of sp³-hybridized carbons (Fsp3) is 0.188. The van der Waals surface area contributed by atoms with Crippen molar-refractivity contribution >= 4 is 34.7 Å². The molecule has 0 spiro atoms. The van der Waals surface area contributed by atoms with Crippen LogP contribution in [0.5, 0.6) is 0 Å². The standard InChI is InChI=1S/C32H33O4P/c1-24-13-7-10-18-28(24)37(23-27-16-5-4-6-17-27,29-19-11-8-14-25(29)2,30-20-12-9-15-26(30)3)36-32(35)22-21-31(33)34/h4-20H,21-23H2,1-3H3,(H,33,34). The summed E-state index contributed by atoms with van der Waals surface area (Å²) in [5.41, 5.74) is 4.11. The topological polar surface area (TPSA) is 63.6 Å². The van der Waals surface area contributed by atoms with E-state index in [0.29, 0.717) is 6.16 Å². The summed E-state index contributed by atoms with van der Waals surface area (Å²) in [6.45, 7) is 2.11. The van der Waals surface area contributed by atoms with Gasteiger partial charge in [0, 0.05) is 0 Å². The van der Waals surface area contributed by atoms with Crippen LogP contribution in [0, 0.1) is 20.8 Å². The predicted octanol–water partition coefficient (Wildman–Crippen LogP) is 5.96. The van der Waals surface area contributed by atoms with Gasteiger partial charge in [0.15, 0.2) is 0 Å². The Hall–Kier alpha value is -3.75. The van der Waals surface area contributed by atoms with E-state index in [0.717, 1.165) is 38.2 Å². The first kappa shape index (κ1) is 26.3. The SMILES string of the molecule is Cc1ccccc1P(Cc1ccccc1)(OC(=O)CCC(=O)O)(c1ccccc1C)c1ccccc1C. The van der Waals surface area contributed by atoms with Gasteiger partial charge in [-0.15, -0.1) is 0 Å². The minimum absolute atomic E-state index is 0.203. The Labute approximate surface area is 219 Å². The molecular weight excluding hydrogens is 479 g/mol. The third-order valence-corrected chi connectivity index (χ3v) is 13.2. The fourth-order valence-corrected chi connectivity index (χ4v) is 12.3. The molecule has 0 unspecified atom stereocenters. The van der Waals surface area contributed by atoms with Gasteiger partial charge in [0.1, 0.15) is 0 Å². The quantitative estimate of drug-likeness (QED) is 0.281. The summed E-state index contributed by atoms with van der Waals surface area (Å²) in [7, 11) is 0. The molecule has 0 heterocycles. The zero-order valence-corrected chi connectivity index (χ0v) is 22.4. The van der Waals surface area contributed by atoms with E-state index in [1.165, 1.54) is 0 Å². The molecule has 190 valence electrons. The molecule has 0 saturated heterocycles. The zero-order chi connectivity index (χ0) is 26.5. The van der Waals surface area contributed by atoms with Crippen LogP contribution in [0.2, 0.25) is 0 Å². The van der Waals surface area contributed by atoms with Gasteiger partial charge in [0.05, 0.1) is 0 Å². The van der Waals surface area contributed by atoms with Crippen molar-refractivity contribution in [1.29, 1.82) is 0 Å². The third kappa shape index (κ3) is 4.82. The molecule has 4 aromatic rings. The number of aliphatic carboxylic acids is 1. The Bertz CT molecular complexity index is 1310. The van der Waals surface area contributed by atoms with Crippen LogP contribution < -0.4 is 15.9 Å². The monoisotopic (exact) mass is 512 g/mol. The Morgan fingerprint density at radius 3 is 1.43 bits per heavy atom. The summed E-state index contributed by atoms with van der Waals surface area (Å²) in [5.74, 6) is -1.53. The molecule has 0 aliphatic heterocycles. The second-order valence-electron chi connectivity index (χ2n) is 9.57. The normalized spacial score (nSPS) is 12.4. The number of carboxylic acid groups (broad SMARTS) is 1. The van der Waals surface area contributed by atoms with Crippen LogP contribution in [0.4, 0.5) is 0 Å². The number of benzene rings is 4. The molecule has 0 amide bonds. The first-order chi connectivity index (χ1) is 17.8. The van der Waals surface area contributed by atoms with Gasteiger partial charge in [-0.2, -0.15) is 0 Å². The van der Waals surface area contributed by atoms with E-state index in [-0.39, 0.29) is 12.8 Å². The molecule has 0 aliphatic rings. The van der Waals surface area contributed by atoms with Gasteiger partial charge < -0.3 is 0 Å². The molecule has 0 atom stereocenters. The fourth-order valence-electron chi connectivity index (χ4n) is 5.52. The van der Waals surface area contributed by atoms with E-state index in [9.17, 15) is 14.7 Å². The van der Waals surface area contributed by atoms with E-state index in [1.807, 2.05) is 54.6 Å². The van der Waals surface area contributed by atoms with Crippen molar-refractivity contribution in [2.45, 2.75) is 39.8 Å². The number of aryl methyl sites for hydroxylation is 3. The second-order valence-corrected chi connectivity index (χ2v) is 13.9. The van der Waals surface area contributed by atoms with Gasteiger partial charge >= 0.3 is 219 Å². The summed E-state index contributed by atoms with van der Waals surface area (Å²) in [5, 5.41) is 12.3. The first-order valence-corrected chi connectivity index (χ1v) is 14.8. The predicted molar refractivity (Wildman–Crippen MR) is 152 cm³/mol. The molecule has 4 nitrogen and oxygen atoms in total. The summed E-state index contributed by atoms with van der Waals surface area (Å²) >= 11 is 0. The molecule has 0 radical (unpaired) electrons. The van der Waals surface area contributed by atoms with Crippen molar-refractivity contribution in [3.8, 4) is 0 Å². The minimum atomic E-state index is -4.06. The molecule has 0 saturated carbocycles. The number of carboxylic acids is 1. The molecule has 1 N–H and O–H groups in total. The van der Waals surface area contributed by atoms with Crippen molar-refractivity contribution in [2.24, 2.45) is 0 Å². The Kier molecular flexibility index (Phi) is 7.61. The van der Waals surface area contributed by atoms with Gasteiger partial charge in [-0.05, 0) is 0 Å². The summed E-state index contributed by atoms with van der Waals surface area (Å²) in [4.78, 5) is 25.2. The van der Waals surface area contributed by atoms with Gasteiger partial charge in [-0.3, -0.25) is 0 Å². The number of hydrogen-bond acceptors (Lipinski definition) is 3. The molecule has 0 aromatic heterocycles.